The zero-order chi connectivity index (χ0) is 17.1. The van der Waals surface area contributed by atoms with Gasteiger partial charge in [-0.25, -0.2) is 4.79 Å². The highest BCUT2D eigenvalue weighted by Gasteiger charge is 2.35. The fourth-order valence-electron chi connectivity index (χ4n) is 2.43. The van der Waals surface area contributed by atoms with E-state index in [0.717, 1.165) is 21.6 Å². The number of aryl methyl sites for hydroxylation is 1. The SMILES string of the molecule is Cc1ccc(/C=C2/C(=O)NC(=O)N(Cc3ccccc3)C2=O)cc1. The van der Waals surface area contributed by atoms with Crippen LogP contribution in [0.3, 0.4) is 0 Å². The highest BCUT2D eigenvalue weighted by Crippen LogP contribution is 2.17. The molecule has 0 aliphatic carbocycles. The van der Waals surface area contributed by atoms with Gasteiger partial charge in [-0.05, 0) is 24.1 Å². The number of urea groups is 1. The molecule has 0 saturated carbocycles. The van der Waals surface area contributed by atoms with Crippen molar-refractivity contribution in [3.8, 4) is 0 Å². The molecule has 120 valence electrons. The molecule has 1 fully saturated rings. The molecule has 0 aromatic heterocycles. The average Bonchev–Trinajstić information content (AvgIpc) is 2.58. The number of carbonyl (C=O) groups is 3. The fraction of sp³-hybridized carbons (Fsp3) is 0.105. The monoisotopic (exact) mass is 320 g/mol. The predicted molar refractivity (Wildman–Crippen MR) is 89.7 cm³/mol. The Bertz CT molecular complexity index is 823. The smallest absolute Gasteiger partial charge is 0.273 e. The summed E-state index contributed by atoms with van der Waals surface area (Å²) in [6, 6.07) is 15.9. The van der Waals surface area contributed by atoms with Gasteiger partial charge in [0, 0.05) is 0 Å². The first-order valence-electron chi connectivity index (χ1n) is 7.54. The number of barbiturate groups is 1. The summed E-state index contributed by atoms with van der Waals surface area (Å²) in [7, 11) is 0. The highest BCUT2D eigenvalue weighted by molar-refractivity contribution is 6.30. The Kier molecular flexibility index (Phi) is 4.24. The number of nitrogens with zero attached hydrogens (tertiary/aromatic N) is 1. The van der Waals surface area contributed by atoms with E-state index < -0.39 is 17.8 Å². The van der Waals surface area contributed by atoms with Crippen LogP contribution in [0, 0.1) is 6.92 Å². The second-order valence-corrected chi connectivity index (χ2v) is 5.60. The maximum atomic E-state index is 12.6. The van der Waals surface area contributed by atoms with Crippen LogP contribution in [0.4, 0.5) is 4.79 Å². The molecule has 5 heteroatoms. The van der Waals surface area contributed by atoms with Gasteiger partial charge in [0.15, 0.2) is 0 Å². The lowest BCUT2D eigenvalue weighted by atomic mass is 10.1. The third-order valence-electron chi connectivity index (χ3n) is 3.76. The van der Waals surface area contributed by atoms with Crippen LogP contribution in [-0.4, -0.2) is 22.7 Å². The minimum atomic E-state index is -0.699. The summed E-state index contributed by atoms with van der Waals surface area (Å²) in [5.41, 5.74) is 2.57. The molecule has 2 aromatic carbocycles. The van der Waals surface area contributed by atoms with Gasteiger partial charge in [0.2, 0.25) is 0 Å². The normalized spacial score (nSPS) is 16.5. The second-order valence-electron chi connectivity index (χ2n) is 5.60. The number of nitrogens with one attached hydrogen (secondary N) is 1. The standard InChI is InChI=1S/C19H16N2O3/c1-13-7-9-14(10-8-13)11-16-17(22)20-19(24)21(18(16)23)12-15-5-3-2-4-6-15/h2-11H,12H2,1H3,(H,20,22,24)/b16-11-. The molecule has 1 heterocycles. The van der Waals surface area contributed by atoms with Crippen molar-refractivity contribution in [1.82, 2.24) is 10.2 Å². The van der Waals surface area contributed by atoms with Crippen molar-refractivity contribution in [3.05, 3.63) is 76.9 Å². The van der Waals surface area contributed by atoms with Gasteiger partial charge in [-0.2, -0.15) is 0 Å². The second kappa shape index (κ2) is 6.50. The maximum Gasteiger partial charge on any atom is 0.331 e. The molecule has 1 aliphatic rings. The van der Waals surface area contributed by atoms with Gasteiger partial charge in [0.1, 0.15) is 5.57 Å². The molecule has 0 unspecified atom stereocenters. The van der Waals surface area contributed by atoms with E-state index in [1.165, 1.54) is 6.08 Å². The molecular formula is C19H16N2O3. The number of rotatable bonds is 3. The maximum absolute atomic E-state index is 12.6. The van der Waals surface area contributed by atoms with Crippen LogP contribution in [0.5, 0.6) is 0 Å². The Morgan fingerprint density at radius 3 is 2.29 bits per heavy atom. The molecule has 0 radical (unpaired) electrons. The van der Waals surface area contributed by atoms with Crippen LogP contribution in [0.25, 0.3) is 6.08 Å². The van der Waals surface area contributed by atoms with Crippen LogP contribution in [0.1, 0.15) is 16.7 Å². The summed E-state index contributed by atoms with van der Waals surface area (Å²) in [6.07, 6.45) is 1.50. The number of amides is 4. The Labute approximate surface area is 139 Å². The molecule has 1 saturated heterocycles. The first-order valence-corrected chi connectivity index (χ1v) is 7.54. The summed E-state index contributed by atoms with van der Waals surface area (Å²) in [6.45, 7) is 2.07. The molecule has 0 bridgehead atoms. The van der Waals surface area contributed by atoms with E-state index in [9.17, 15) is 14.4 Å². The van der Waals surface area contributed by atoms with Crippen molar-refractivity contribution < 1.29 is 14.4 Å². The van der Waals surface area contributed by atoms with E-state index in [0.29, 0.717) is 0 Å². The third-order valence-corrected chi connectivity index (χ3v) is 3.76. The summed E-state index contributed by atoms with van der Waals surface area (Å²) >= 11 is 0. The molecule has 0 spiro atoms. The first-order chi connectivity index (χ1) is 11.5. The van der Waals surface area contributed by atoms with Gasteiger partial charge in [-0.1, -0.05) is 60.2 Å². The first kappa shape index (κ1) is 15.7. The molecule has 0 atom stereocenters. The van der Waals surface area contributed by atoms with Crippen molar-refractivity contribution in [2.24, 2.45) is 0 Å². The van der Waals surface area contributed by atoms with E-state index in [-0.39, 0.29) is 12.1 Å². The molecule has 5 nitrogen and oxygen atoms in total. The van der Waals surface area contributed by atoms with Gasteiger partial charge in [0.05, 0.1) is 6.54 Å². The fourth-order valence-corrected chi connectivity index (χ4v) is 2.43. The summed E-state index contributed by atoms with van der Waals surface area (Å²) < 4.78 is 0. The molecule has 4 amide bonds. The number of carbonyl (C=O) groups excluding carboxylic acids is 3. The molecule has 24 heavy (non-hydrogen) atoms. The molecular weight excluding hydrogens is 304 g/mol. The molecule has 1 N–H and O–H groups in total. The number of hydrogen-bond donors (Lipinski definition) is 1. The van der Waals surface area contributed by atoms with Crippen molar-refractivity contribution in [2.45, 2.75) is 13.5 Å². The van der Waals surface area contributed by atoms with Crippen LogP contribution < -0.4 is 5.32 Å². The molecule has 2 aromatic rings. The summed E-state index contributed by atoms with van der Waals surface area (Å²) in [5, 5.41) is 2.22. The Morgan fingerprint density at radius 1 is 0.958 bits per heavy atom. The van der Waals surface area contributed by atoms with Gasteiger partial charge in [0.25, 0.3) is 11.8 Å². The lowest BCUT2D eigenvalue weighted by Crippen LogP contribution is -2.53. The van der Waals surface area contributed by atoms with Gasteiger partial charge in [-0.15, -0.1) is 0 Å². The van der Waals surface area contributed by atoms with Gasteiger partial charge in [-0.3, -0.25) is 19.8 Å². The summed E-state index contributed by atoms with van der Waals surface area (Å²) in [5.74, 6) is -1.26. The highest BCUT2D eigenvalue weighted by atomic mass is 16.2. The van der Waals surface area contributed by atoms with Crippen LogP contribution >= 0.6 is 0 Å². The zero-order valence-corrected chi connectivity index (χ0v) is 13.2. The minimum Gasteiger partial charge on any atom is -0.273 e. The quantitative estimate of drug-likeness (QED) is 0.698. The van der Waals surface area contributed by atoms with Crippen molar-refractivity contribution in [1.29, 1.82) is 0 Å². The van der Waals surface area contributed by atoms with Crippen LogP contribution in [0.15, 0.2) is 60.2 Å². The van der Waals surface area contributed by atoms with Crippen molar-refractivity contribution in [2.75, 3.05) is 0 Å². The lowest BCUT2D eigenvalue weighted by molar-refractivity contribution is -0.130. The van der Waals surface area contributed by atoms with E-state index in [1.54, 1.807) is 0 Å². The van der Waals surface area contributed by atoms with E-state index in [4.69, 9.17) is 0 Å². The van der Waals surface area contributed by atoms with Gasteiger partial charge < -0.3 is 0 Å². The van der Waals surface area contributed by atoms with Crippen molar-refractivity contribution >= 4 is 23.9 Å². The number of benzene rings is 2. The number of imide groups is 2. The minimum absolute atomic E-state index is 0.0469. The zero-order valence-electron chi connectivity index (χ0n) is 13.2. The lowest BCUT2D eigenvalue weighted by Gasteiger charge is -2.26. The van der Waals surface area contributed by atoms with E-state index in [1.807, 2.05) is 61.5 Å². The van der Waals surface area contributed by atoms with E-state index >= 15 is 0 Å². The third kappa shape index (κ3) is 3.25. The van der Waals surface area contributed by atoms with Gasteiger partial charge >= 0.3 is 6.03 Å². The summed E-state index contributed by atoms with van der Waals surface area (Å²) in [4.78, 5) is 37.7. The van der Waals surface area contributed by atoms with Crippen LogP contribution in [-0.2, 0) is 16.1 Å². The largest absolute Gasteiger partial charge is 0.331 e. The molecule has 1 aliphatic heterocycles. The predicted octanol–water partition coefficient (Wildman–Crippen LogP) is 2.66. The Hall–Kier alpha value is -3.21. The Balaban J connectivity index is 1.89. The average molecular weight is 320 g/mol. The number of hydrogen-bond acceptors (Lipinski definition) is 3. The van der Waals surface area contributed by atoms with E-state index in [2.05, 4.69) is 5.32 Å². The van der Waals surface area contributed by atoms with Crippen LogP contribution in [0.2, 0.25) is 0 Å². The Morgan fingerprint density at radius 2 is 1.62 bits per heavy atom. The van der Waals surface area contributed by atoms with Crippen molar-refractivity contribution in [3.63, 3.8) is 0 Å². The topological polar surface area (TPSA) is 66.5 Å². The molecule has 3 rings (SSSR count).